The van der Waals surface area contributed by atoms with Gasteiger partial charge in [-0.05, 0) is 44.0 Å². The van der Waals surface area contributed by atoms with E-state index in [-0.39, 0.29) is 12.2 Å². The average molecular weight is 528 g/mol. The van der Waals surface area contributed by atoms with Gasteiger partial charge in [-0.15, -0.1) is 0 Å². The molecule has 0 bridgehead atoms. The number of carbonyl (C=O) groups is 3. The molecule has 0 spiro atoms. The van der Waals surface area contributed by atoms with Gasteiger partial charge in [-0.2, -0.15) is 5.10 Å². The van der Waals surface area contributed by atoms with Crippen molar-refractivity contribution in [2.24, 2.45) is 5.92 Å². The minimum atomic E-state index is -2.74. The molecule has 37 heavy (non-hydrogen) atoms. The van der Waals surface area contributed by atoms with E-state index in [1.807, 2.05) is 17.8 Å². The summed E-state index contributed by atoms with van der Waals surface area (Å²) in [5.74, 6) is -4.73. The molecule has 0 unspecified atom stereocenters. The van der Waals surface area contributed by atoms with E-state index in [0.717, 1.165) is 24.4 Å². The number of aromatic nitrogens is 2. The fraction of sp³-hybridized carbons (Fsp3) is 0.500. The third kappa shape index (κ3) is 9.42. The van der Waals surface area contributed by atoms with E-state index < -0.39 is 48.0 Å². The standard InChI is InChI=1S/C18H23F2N3O.C6H8O7/c1-21-10-16-9-18(23(22-16)11-13-4-2-3-5-13)24-12-14-8-15(19)6-7-17(14)20;7-3(8)1-6(13,5(11)12)2-4(9)10/h6-9,13,21H,2-5,10-12H2,1H3;13H,1-2H2,(H,7,8)(H,9,10)(H,11,12). The zero-order valence-electron chi connectivity index (χ0n) is 20.3. The number of ether oxygens (including phenoxy) is 1. The van der Waals surface area contributed by atoms with Crippen molar-refractivity contribution >= 4 is 17.9 Å². The number of aliphatic carboxylic acids is 3. The monoisotopic (exact) mass is 527 g/mol. The molecule has 1 aromatic carbocycles. The number of rotatable bonds is 12. The van der Waals surface area contributed by atoms with E-state index in [2.05, 4.69) is 10.4 Å². The molecule has 2 aromatic rings. The summed E-state index contributed by atoms with van der Waals surface area (Å²) >= 11 is 0. The van der Waals surface area contributed by atoms with Crippen LogP contribution in [0.25, 0.3) is 0 Å². The minimum absolute atomic E-state index is 0.0149. The molecule has 13 heteroatoms. The van der Waals surface area contributed by atoms with Crippen LogP contribution in [-0.4, -0.2) is 60.8 Å². The molecule has 1 heterocycles. The first kappa shape index (κ1) is 29.6. The molecule has 1 fully saturated rings. The highest BCUT2D eigenvalue weighted by Gasteiger charge is 2.40. The number of benzene rings is 1. The second kappa shape index (κ2) is 13.7. The molecule has 1 aliphatic rings. The van der Waals surface area contributed by atoms with Gasteiger partial charge in [0, 0.05) is 24.7 Å². The van der Waals surface area contributed by atoms with E-state index in [0.29, 0.717) is 18.3 Å². The Hall–Kier alpha value is -3.58. The number of halogens is 2. The van der Waals surface area contributed by atoms with Gasteiger partial charge in [0.05, 0.1) is 18.5 Å². The number of carboxylic acid groups (broad SMARTS) is 3. The first-order valence-corrected chi connectivity index (χ1v) is 11.6. The summed E-state index contributed by atoms with van der Waals surface area (Å²) in [4.78, 5) is 30.5. The van der Waals surface area contributed by atoms with Crippen molar-refractivity contribution in [3.05, 3.63) is 47.2 Å². The zero-order chi connectivity index (χ0) is 27.6. The van der Waals surface area contributed by atoms with Crippen molar-refractivity contribution in [1.29, 1.82) is 0 Å². The van der Waals surface area contributed by atoms with Gasteiger partial charge in [0.1, 0.15) is 18.2 Å². The van der Waals surface area contributed by atoms with Crippen LogP contribution in [0.2, 0.25) is 0 Å². The van der Waals surface area contributed by atoms with Crippen molar-refractivity contribution in [2.75, 3.05) is 7.05 Å². The second-order valence-corrected chi connectivity index (χ2v) is 8.84. The molecular formula is C24H31F2N3O8. The normalized spacial score (nSPS) is 13.6. The number of hydrogen-bond acceptors (Lipinski definition) is 7. The second-order valence-electron chi connectivity index (χ2n) is 8.84. The lowest BCUT2D eigenvalue weighted by atomic mass is 9.96. The topological polar surface area (TPSA) is 171 Å². The molecule has 0 radical (unpaired) electrons. The smallest absolute Gasteiger partial charge is 0.336 e. The Balaban J connectivity index is 0.000000317. The van der Waals surface area contributed by atoms with E-state index in [9.17, 15) is 23.2 Å². The highest BCUT2D eigenvalue weighted by molar-refractivity contribution is 5.88. The molecule has 1 aliphatic carbocycles. The van der Waals surface area contributed by atoms with Crippen LogP contribution in [0.15, 0.2) is 24.3 Å². The summed E-state index contributed by atoms with van der Waals surface area (Å²) in [5, 5.41) is 41.5. The maximum absolute atomic E-state index is 13.7. The lowest BCUT2D eigenvalue weighted by Crippen LogP contribution is -2.42. The van der Waals surface area contributed by atoms with Gasteiger partial charge in [0.2, 0.25) is 5.88 Å². The van der Waals surface area contributed by atoms with E-state index >= 15 is 0 Å². The maximum atomic E-state index is 13.7. The first-order valence-electron chi connectivity index (χ1n) is 11.6. The van der Waals surface area contributed by atoms with Crippen LogP contribution in [0.3, 0.4) is 0 Å². The van der Waals surface area contributed by atoms with Crippen molar-refractivity contribution < 1.29 is 48.3 Å². The minimum Gasteiger partial charge on any atom is -0.481 e. The van der Waals surface area contributed by atoms with Gasteiger partial charge in [-0.3, -0.25) is 9.59 Å². The molecule has 0 atom stereocenters. The van der Waals surface area contributed by atoms with Gasteiger partial charge in [-0.1, -0.05) is 12.8 Å². The van der Waals surface area contributed by atoms with Crippen LogP contribution < -0.4 is 10.1 Å². The van der Waals surface area contributed by atoms with Gasteiger partial charge in [0.15, 0.2) is 5.60 Å². The van der Waals surface area contributed by atoms with Crippen molar-refractivity contribution in [1.82, 2.24) is 15.1 Å². The zero-order valence-corrected chi connectivity index (χ0v) is 20.3. The molecule has 204 valence electrons. The van der Waals surface area contributed by atoms with Gasteiger partial charge in [0.25, 0.3) is 0 Å². The largest absolute Gasteiger partial charge is 0.481 e. The average Bonchev–Trinajstić information content (AvgIpc) is 3.44. The SMILES string of the molecule is CNCc1cc(OCc2cc(F)ccc2F)n(CC2CCCC2)n1.O=C(O)CC(O)(CC(=O)O)C(=O)O. The van der Waals surface area contributed by atoms with Gasteiger partial charge < -0.3 is 30.5 Å². The van der Waals surface area contributed by atoms with E-state index in [4.69, 9.17) is 25.2 Å². The molecule has 1 aromatic heterocycles. The fourth-order valence-corrected chi connectivity index (χ4v) is 3.92. The van der Waals surface area contributed by atoms with Crippen LogP contribution in [0.4, 0.5) is 8.78 Å². The quantitative estimate of drug-likeness (QED) is 0.276. The molecule has 0 aliphatic heterocycles. The molecule has 0 saturated heterocycles. The van der Waals surface area contributed by atoms with Crippen LogP contribution in [0.5, 0.6) is 5.88 Å². The number of aliphatic hydroxyl groups is 1. The fourth-order valence-electron chi connectivity index (χ4n) is 3.92. The summed E-state index contributed by atoms with van der Waals surface area (Å²) < 4.78 is 34.6. The summed E-state index contributed by atoms with van der Waals surface area (Å²) in [5.41, 5.74) is -1.65. The van der Waals surface area contributed by atoms with Crippen molar-refractivity contribution in [2.45, 2.75) is 63.8 Å². The molecule has 0 amide bonds. The van der Waals surface area contributed by atoms with Crippen LogP contribution in [0, 0.1) is 17.6 Å². The van der Waals surface area contributed by atoms with Gasteiger partial charge >= 0.3 is 17.9 Å². The van der Waals surface area contributed by atoms with Gasteiger partial charge in [-0.25, -0.2) is 18.3 Å². The highest BCUT2D eigenvalue weighted by atomic mass is 19.1. The number of carboxylic acids is 3. The van der Waals surface area contributed by atoms with E-state index in [1.54, 1.807) is 0 Å². The van der Waals surface area contributed by atoms with Crippen molar-refractivity contribution in [3.8, 4) is 5.88 Å². The number of hydrogen-bond donors (Lipinski definition) is 5. The third-order valence-electron chi connectivity index (χ3n) is 5.73. The first-order chi connectivity index (χ1) is 17.4. The predicted octanol–water partition coefficient (Wildman–Crippen LogP) is 2.40. The predicted molar refractivity (Wildman–Crippen MR) is 125 cm³/mol. The molecule has 3 rings (SSSR count). The highest BCUT2D eigenvalue weighted by Crippen LogP contribution is 2.28. The Labute approximate surface area is 211 Å². The molecular weight excluding hydrogens is 496 g/mol. The maximum Gasteiger partial charge on any atom is 0.336 e. The Morgan fingerprint density at radius 1 is 1.11 bits per heavy atom. The summed E-state index contributed by atoms with van der Waals surface area (Å²) in [6.07, 6.45) is 2.65. The molecule has 5 N–H and O–H groups in total. The Morgan fingerprint density at radius 2 is 1.73 bits per heavy atom. The van der Waals surface area contributed by atoms with E-state index in [1.165, 1.54) is 31.7 Å². The van der Waals surface area contributed by atoms with Crippen molar-refractivity contribution in [3.63, 3.8) is 0 Å². The summed E-state index contributed by atoms with van der Waals surface area (Å²) in [7, 11) is 1.86. The van der Waals surface area contributed by atoms with Crippen LogP contribution in [-0.2, 0) is 34.1 Å². The lowest BCUT2D eigenvalue weighted by Gasteiger charge is -2.18. The van der Waals surface area contributed by atoms with Crippen LogP contribution in [0.1, 0.15) is 49.8 Å². The Morgan fingerprint density at radius 3 is 2.27 bits per heavy atom. The Bertz CT molecular complexity index is 1070. The lowest BCUT2D eigenvalue weighted by molar-refractivity contribution is -0.170. The molecule has 11 nitrogen and oxygen atoms in total. The Kier molecular flexibility index (Phi) is 10.9. The summed E-state index contributed by atoms with van der Waals surface area (Å²) in [6.45, 7) is 1.44. The summed E-state index contributed by atoms with van der Waals surface area (Å²) in [6, 6.07) is 5.26. The molecule has 1 saturated carbocycles. The third-order valence-corrected chi connectivity index (χ3v) is 5.73. The number of nitrogens with zero attached hydrogens (tertiary/aromatic N) is 2. The number of nitrogens with one attached hydrogen (secondary N) is 1. The van der Waals surface area contributed by atoms with Crippen LogP contribution >= 0.6 is 0 Å².